The fourth-order valence-electron chi connectivity index (χ4n) is 3.79. The lowest BCUT2D eigenvalue weighted by Crippen LogP contribution is -2.37. The minimum absolute atomic E-state index is 0.454. The number of rotatable bonds is 5. The molecule has 2 aromatic heterocycles. The molecule has 0 atom stereocenters. The highest BCUT2D eigenvalue weighted by Gasteiger charge is 2.19. The summed E-state index contributed by atoms with van der Waals surface area (Å²) in [4.78, 5) is 16.5. The van der Waals surface area contributed by atoms with Crippen LogP contribution in [0.4, 0.5) is 5.82 Å². The van der Waals surface area contributed by atoms with Crippen LogP contribution in [-0.4, -0.2) is 56.4 Å². The first-order valence-electron chi connectivity index (χ1n) is 10.9. The largest absolute Gasteiger partial charge is 0.372 e. The van der Waals surface area contributed by atoms with Crippen molar-refractivity contribution in [2.45, 2.75) is 26.3 Å². The van der Waals surface area contributed by atoms with E-state index < -0.39 is 10.8 Å². The summed E-state index contributed by atoms with van der Waals surface area (Å²) in [5, 5.41) is 3.11. The molecule has 7 heteroatoms. The van der Waals surface area contributed by atoms with E-state index in [1.807, 2.05) is 19.3 Å². The number of anilines is 1. The van der Waals surface area contributed by atoms with Crippen molar-refractivity contribution in [1.82, 2.24) is 14.3 Å². The molecule has 3 aromatic rings. The zero-order chi connectivity index (χ0) is 21.8. The van der Waals surface area contributed by atoms with E-state index in [-0.39, 0.29) is 0 Å². The number of aryl methyl sites for hydroxylation is 1. The number of benzene rings is 1. The Morgan fingerprint density at radius 3 is 2.58 bits per heavy atom. The van der Waals surface area contributed by atoms with E-state index in [0.717, 1.165) is 67.4 Å². The second kappa shape index (κ2) is 9.75. The predicted molar refractivity (Wildman–Crippen MR) is 127 cm³/mol. The van der Waals surface area contributed by atoms with Crippen molar-refractivity contribution in [3.63, 3.8) is 0 Å². The number of aldehydes is 1. The van der Waals surface area contributed by atoms with Crippen molar-refractivity contribution < 1.29 is 9.00 Å². The summed E-state index contributed by atoms with van der Waals surface area (Å²) in [7, 11) is 1.27. The van der Waals surface area contributed by atoms with Crippen LogP contribution in [0.15, 0.2) is 42.6 Å². The monoisotopic (exact) mass is 438 g/mol. The molecule has 1 aliphatic heterocycles. The smallest absolute Gasteiger partial charge is 0.145 e. The van der Waals surface area contributed by atoms with Crippen molar-refractivity contribution >= 4 is 28.6 Å². The average molecular weight is 439 g/mol. The molecule has 0 radical (unpaired) electrons. The lowest BCUT2D eigenvalue weighted by molar-refractivity contribution is -0.108. The Bertz CT molecular complexity index is 1080. The minimum atomic E-state index is -0.620. The highest BCUT2D eigenvalue weighted by atomic mass is 32.2. The molecule has 3 heterocycles. The lowest BCUT2D eigenvalue weighted by Gasteiger charge is -2.26. The third-order valence-corrected chi connectivity index (χ3v) is 7.08. The van der Waals surface area contributed by atoms with Gasteiger partial charge in [0.05, 0.1) is 11.9 Å². The second-order valence-electron chi connectivity index (χ2n) is 8.26. The lowest BCUT2D eigenvalue weighted by atomic mass is 10.0. The topological polar surface area (TPSA) is 66.7 Å². The van der Waals surface area contributed by atoms with E-state index in [0.29, 0.717) is 5.92 Å². The summed E-state index contributed by atoms with van der Waals surface area (Å²) in [6, 6.07) is 12.9. The van der Waals surface area contributed by atoms with Gasteiger partial charge in [0.1, 0.15) is 17.8 Å². The van der Waals surface area contributed by atoms with Gasteiger partial charge >= 0.3 is 0 Å². The van der Waals surface area contributed by atoms with Gasteiger partial charge in [-0.05, 0) is 43.0 Å². The Morgan fingerprint density at radius 2 is 1.97 bits per heavy atom. The van der Waals surface area contributed by atoms with Gasteiger partial charge in [0.25, 0.3) is 0 Å². The summed E-state index contributed by atoms with van der Waals surface area (Å²) in [5.74, 6) is 2.92. The molecule has 0 unspecified atom stereocenters. The Labute approximate surface area is 186 Å². The molecule has 2 aliphatic rings. The molecule has 1 N–H and O–H groups in total. The zero-order valence-electron chi connectivity index (χ0n) is 18.2. The first-order valence-corrected chi connectivity index (χ1v) is 12.3. The van der Waals surface area contributed by atoms with Crippen LogP contribution in [-0.2, 0) is 22.1 Å². The molecular formula is C24H30N4O2S. The van der Waals surface area contributed by atoms with Crippen LogP contribution in [0.5, 0.6) is 0 Å². The second-order valence-corrected chi connectivity index (χ2v) is 9.96. The minimum Gasteiger partial charge on any atom is -0.372 e. The number of nitrogens with one attached hydrogen (secondary N) is 1. The van der Waals surface area contributed by atoms with Gasteiger partial charge in [-0.1, -0.05) is 24.3 Å². The summed E-state index contributed by atoms with van der Waals surface area (Å²) >= 11 is 0. The van der Waals surface area contributed by atoms with Crippen molar-refractivity contribution in [3.8, 4) is 11.3 Å². The number of fused-ring (bicyclic) bond motifs is 1. The van der Waals surface area contributed by atoms with Crippen molar-refractivity contribution in [3.05, 3.63) is 53.7 Å². The van der Waals surface area contributed by atoms with Crippen LogP contribution in [0.25, 0.3) is 16.9 Å². The quantitative estimate of drug-likeness (QED) is 0.618. The number of carbonyl (C=O) groups is 1. The molecule has 6 nitrogen and oxygen atoms in total. The molecule has 0 bridgehead atoms. The van der Waals surface area contributed by atoms with Gasteiger partial charge in [-0.25, -0.2) is 4.98 Å². The summed E-state index contributed by atoms with van der Waals surface area (Å²) in [6.07, 6.45) is 5.35. The van der Waals surface area contributed by atoms with Gasteiger partial charge in [0.2, 0.25) is 0 Å². The molecule has 0 amide bonds. The summed E-state index contributed by atoms with van der Waals surface area (Å²) in [5.41, 5.74) is 5.88. The molecule has 1 saturated heterocycles. The van der Waals surface area contributed by atoms with Crippen molar-refractivity contribution in [1.29, 1.82) is 0 Å². The van der Waals surface area contributed by atoms with Gasteiger partial charge < -0.3 is 10.1 Å². The first-order chi connectivity index (χ1) is 15.1. The third-order valence-electron chi connectivity index (χ3n) is 5.81. The third kappa shape index (κ3) is 5.40. The molecule has 1 saturated carbocycles. The molecule has 1 aromatic carbocycles. The van der Waals surface area contributed by atoms with Crippen LogP contribution < -0.4 is 5.32 Å². The Morgan fingerprint density at radius 1 is 1.19 bits per heavy atom. The van der Waals surface area contributed by atoms with Gasteiger partial charge in [0.15, 0.2) is 0 Å². The van der Waals surface area contributed by atoms with Gasteiger partial charge in [-0.3, -0.25) is 13.5 Å². The maximum atomic E-state index is 11.5. The van der Waals surface area contributed by atoms with Crippen LogP contribution in [0.1, 0.15) is 24.0 Å². The summed E-state index contributed by atoms with van der Waals surface area (Å²) < 4.78 is 13.7. The number of hydrogen-bond acceptors (Lipinski definition) is 5. The molecule has 2 fully saturated rings. The van der Waals surface area contributed by atoms with E-state index >= 15 is 0 Å². The maximum Gasteiger partial charge on any atom is 0.145 e. The number of nitrogens with zero attached hydrogens (tertiary/aromatic N) is 3. The standard InChI is InChI=1S/C20H24N4OS.C4H6O/c1-15-12-16(13-23-8-10-26(25)11-9-23)6-7-17(15)18-4-3-5-20-22-19(21-2)14-24(18)20;5-3-4-1-2-4/h3-7,12,14,21H,8-11,13H2,1-2H3;3-4H,1-2H2. The van der Waals surface area contributed by atoms with Crippen LogP contribution in [0, 0.1) is 12.8 Å². The Kier molecular flexibility index (Phi) is 6.83. The van der Waals surface area contributed by atoms with Crippen LogP contribution in [0.3, 0.4) is 0 Å². The number of pyridine rings is 1. The number of aromatic nitrogens is 2. The fraction of sp³-hybridized carbons (Fsp3) is 0.417. The maximum absolute atomic E-state index is 11.5. The predicted octanol–water partition coefficient (Wildman–Crippen LogP) is 3.51. The molecular weight excluding hydrogens is 408 g/mol. The first kappa shape index (κ1) is 21.7. The van der Waals surface area contributed by atoms with Gasteiger partial charge in [-0.15, -0.1) is 0 Å². The van der Waals surface area contributed by atoms with E-state index in [2.05, 4.69) is 56.9 Å². The normalized spacial score (nSPS) is 17.2. The highest BCUT2D eigenvalue weighted by Crippen LogP contribution is 2.27. The summed E-state index contributed by atoms with van der Waals surface area (Å²) in [6.45, 7) is 4.94. The van der Waals surface area contributed by atoms with E-state index in [1.54, 1.807) is 0 Å². The van der Waals surface area contributed by atoms with E-state index in [4.69, 9.17) is 0 Å². The van der Waals surface area contributed by atoms with Gasteiger partial charge in [0, 0.05) is 60.5 Å². The molecule has 5 rings (SSSR count). The van der Waals surface area contributed by atoms with Crippen molar-refractivity contribution in [2.24, 2.45) is 5.92 Å². The highest BCUT2D eigenvalue weighted by molar-refractivity contribution is 7.85. The van der Waals surface area contributed by atoms with Gasteiger partial charge in [-0.2, -0.15) is 0 Å². The zero-order valence-corrected chi connectivity index (χ0v) is 19.0. The Hall–Kier alpha value is -2.51. The van der Waals surface area contributed by atoms with E-state index in [9.17, 15) is 9.00 Å². The Balaban J connectivity index is 0.000000407. The van der Waals surface area contributed by atoms with Crippen LogP contribution >= 0.6 is 0 Å². The fourth-order valence-corrected chi connectivity index (χ4v) is 4.91. The number of carbonyl (C=O) groups excluding carboxylic acids is 1. The van der Waals surface area contributed by atoms with Crippen molar-refractivity contribution in [2.75, 3.05) is 37.0 Å². The SMILES string of the molecule is CNc1cn2c(-c3ccc(CN4CCS(=O)CC4)cc3C)cccc2n1.O=CC1CC1. The molecule has 1 aliphatic carbocycles. The molecule has 164 valence electrons. The molecule has 31 heavy (non-hydrogen) atoms. The van der Waals surface area contributed by atoms with Crippen LogP contribution in [0.2, 0.25) is 0 Å². The number of hydrogen-bond donors (Lipinski definition) is 1. The average Bonchev–Trinajstić information content (AvgIpc) is 3.53. The molecule has 0 spiro atoms. The van der Waals surface area contributed by atoms with E-state index in [1.165, 1.54) is 16.7 Å². The number of imidazole rings is 1.